The molecule has 0 radical (unpaired) electrons. The number of hydrogen-bond acceptors (Lipinski definition) is 2. The molecule has 0 spiro atoms. The van der Waals surface area contributed by atoms with Crippen molar-refractivity contribution in [2.75, 3.05) is 0 Å². The number of hydrogen-bond donors (Lipinski definition) is 1. The smallest absolute Gasteiger partial charge is 0.319 e. The van der Waals surface area contributed by atoms with Gasteiger partial charge in [0.2, 0.25) is 0 Å². The summed E-state index contributed by atoms with van der Waals surface area (Å²) >= 11 is 0. The third-order valence-electron chi connectivity index (χ3n) is 3.81. The fourth-order valence-electron chi connectivity index (χ4n) is 2.88. The van der Waals surface area contributed by atoms with Crippen LogP contribution in [0.1, 0.15) is 27.9 Å². The van der Waals surface area contributed by atoms with Gasteiger partial charge in [-0.25, -0.2) is 4.39 Å². The minimum Gasteiger partial charge on any atom is -0.480 e. The summed E-state index contributed by atoms with van der Waals surface area (Å²) in [6.07, 6.45) is -0.247. The summed E-state index contributed by atoms with van der Waals surface area (Å²) in [6.45, 7) is 0. The molecular weight excluding hydrogens is 259 g/mol. The van der Waals surface area contributed by atoms with Crippen LogP contribution in [0.5, 0.6) is 0 Å². The predicted molar refractivity (Wildman–Crippen MR) is 70.2 cm³/mol. The number of carboxylic acid groups (broad SMARTS) is 1. The Hall–Kier alpha value is -2.49. The van der Waals surface area contributed by atoms with Crippen LogP contribution in [-0.2, 0) is 10.2 Å². The molecule has 1 aliphatic rings. The summed E-state index contributed by atoms with van der Waals surface area (Å²) in [5.74, 6) is -2.27. The lowest BCUT2D eigenvalue weighted by Crippen LogP contribution is -2.35. The standard InChI is InChI=1S/C16H11FO3/c17-12-8-4-7-11-14(12)13(18)9-16(11,15(19)20)10-5-2-1-3-6-10/h1-8H,9H2,(H,19,20)/t16-/m1/s1. The summed E-state index contributed by atoms with van der Waals surface area (Å²) < 4.78 is 13.8. The Morgan fingerprint density at radius 1 is 1.10 bits per heavy atom. The van der Waals surface area contributed by atoms with Gasteiger partial charge in [-0.3, -0.25) is 9.59 Å². The molecule has 0 aromatic heterocycles. The molecule has 0 unspecified atom stereocenters. The number of halogens is 1. The normalized spacial score (nSPS) is 20.8. The molecule has 100 valence electrons. The van der Waals surface area contributed by atoms with Crippen molar-refractivity contribution in [2.45, 2.75) is 11.8 Å². The number of rotatable bonds is 2. The van der Waals surface area contributed by atoms with Crippen LogP contribution < -0.4 is 0 Å². The molecule has 3 nitrogen and oxygen atoms in total. The number of benzene rings is 2. The number of carbonyl (C=O) groups is 2. The van der Waals surface area contributed by atoms with E-state index in [2.05, 4.69) is 0 Å². The maximum absolute atomic E-state index is 13.8. The molecular formula is C16H11FO3. The van der Waals surface area contributed by atoms with Crippen LogP contribution in [0, 0.1) is 5.82 Å². The lowest BCUT2D eigenvalue weighted by molar-refractivity contribution is -0.141. The molecule has 0 saturated heterocycles. The average molecular weight is 270 g/mol. The lowest BCUT2D eigenvalue weighted by Gasteiger charge is -2.25. The van der Waals surface area contributed by atoms with Gasteiger partial charge in [0.05, 0.1) is 5.56 Å². The van der Waals surface area contributed by atoms with Crippen molar-refractivity contribution in [2.24, 2.45) is 0 Å². The number of carbonyl (C=O) groups excluding carboxylic acids is 1. The van der Waals surface area contributed by atoms with Gasteiger partial charge in [0.1, 0.15) is 11.2 Å². The summed E-state index contributed by atoms with van der Waals surface area (Å²) in [6, 6.07) is 12.6. The highest BCUT2D eigenvalue weighted by molar-refractivity contribution is 6.09. The van der Waals surface area contributed by atoms with E-state index in [4.69, 9.17) is 0 Å². The van der Waals surface area contributed by atoms with Gasteiger partial charge in [-0.15, -0.1) is 0 Å². The number of ketones is 1. The van der Waals surface area contributed by atoms with E-state index >= 15 is 0 Å². The molecule has 1 atom stereocenters. The molecule has 20 heavy (non-hydrogen) atoms. The summed E-state index contributed by atoms with van der Waals surface area (Å²) in [5.41, 5.74) is -0.861. The van der Waals surface area contributed by atoms with Gasteiger partial charge in [0.15, 0.2) is 5.78 Å². The van der Waals surface area contributed by atoms with Crippen molar-refractivity contribution in [3.63, 3.8) is 0 Å². The zero-order valence-electron chi connectivity index (χ0n) is 10.5. The maximum Gasteiger partial charge on any atom is 0.319 e. The van der Waals surface area contributed by atoms with Crippen LogP contribution in [0.15, 0.2) is 48.5 Å². The largest absolute Gasteiger partial charge is 0.480 e. The molecule has 1 N–H and O–H groups in total. The topological polar surface area (TPSA) is 54.4 Å². The lowest BCUT2D eigenvalue weighted by atomic mass is 9.75. The molecule has 3 rings (SSSR count). The van der Waals surface area contributed by atoms with Crippen LogP contribution in [-0.4, -0.2) is 16.9 Å². The van der Waals surface area contributed by atoms with Crippen LogP contribution in [0.25, 0.3) is 0 Å². The summed E-state index contributed by atoms with van der Waals surface area (Å²) in [5, 5.41) is 9.70. The molecule has 0 heterocycles. The number of Topliss-reactive ketones (excluding diaryl/α,β-unsaturated/α-hetero) is 1. The average Bonchev–Trinajstić information content (AvgIpc) is 2.75. The molecule has 0 saturated carbocycles. The fraction of sp³-hybridized carbons (Fsp3) is 0.125. The third-order valence-corrected chi connectivity index (χ3v) is 3.81. The van der Waals surface area contributed by atoms with E-state index in [9.17, 15) is 19.1 Å². The molecule has 0 amide bonds. The highest BCUT2D eigenvalue weighted by Crippen LogP contribution is 2.45. The van der Waals surface area contributed by atoms with E-state index in [-0.39, 0.29) is 17.5 Å². The van der Waals surface area contributed by atoms with E-state index < -0.39 is 23.0 Å². The van der Waals surface area contributed by atoms with E-state index in [0.29, 0.717) is 5.56 Å². The highest BCUT2D eigenvalue weighted by atomic mass is 19.1. The number of fused-ring (bicyclic) bond motifs is 1. The second-order valence-electron chi connectivity index (χ2n) is 4.84. The van der Waals surface area contributed by atoms with Gasteiger partial charge in [0, 0.05) is 6.42 Å². The van der Waals surface area contributed by atoms with Gasteiger partial charge in [-0.2, -0.15) is 0 Å². The molecule has 0 fully saturated rings. The SMILES string of the molecule is O=C1C[C@@](C(=O)O)(c2ccccc2)c2cccc(F)c21. The molecule has 1 aliphatic carbocycles. The first-order chi connectivity index (χ1) is 9.57. The fourth-order valence-corrected chi connectivity index (χ4v) is 2.88. The van der Waals surface area contributed by atoms with Crippen molar-refractivity contribution in [1.82, 2.24) is 0 Å². The minimum atomic E-state index is -1.49. The van der Waals surface area contributed by atoms with E-state index in [0.717, 1.165) is 0 Å². The monoisotopic (exact) mass is 270 g/mol. The second kappa shape index (κ2) is 4.27. The summed E-state index contributed by atoms with van der Waals surface area (Å²) in [7, 11) is 0. The van der Waals surface area contributed by atoms with E-state index in [1.807, 2.05) is 0 Å². The molecule has 0 aliphatic heterocycles. The van der Waals surface area contributed by atoms with Crippen molar-refractivity contribution in [3.8, 4) is 0 Å². The number of carboxylic acids is 1. The summed E-state index contributed by atoms with van der Waals surface area (Å²) in [4.78, 5) is 23.9. The first-order valence-electron chi connectivity index (χ1n) is 6.18. The Morgan fingerprint density at radius 2 is 1.80 bits per heavy atom. The zero-order chi connectivity index (χ0) is 14.3. The van der Waals surface area contributed by atoms with Gasteiger partial charge in [-0.1, -0.05) is 42.5 Å². The zero-order valence-corrected chi connectivity index (χ0v) is 10.5. The first kappa shape index (κ1) is 12.5. The van der Waals surface area contributed by atoms with E-state index in [1.54, 1.807) is 30.3 Å². The molecule has 0 bridgehead atoms. The maximum atomic E-state index is 13.8. The predicted octanol–water partition coefficient (Wildman–Crippen LogP) is 2.78. The van der Waals surface area contributed by atoms with Crippen molar-refractivity contribution >= 4 is 11.8 Å². The Kier molecular flexibility index (Phi) is 2.67. The van der Waals surface area contributed by atoms with E-state index in [1.165, 1.54) is 18.2 Å². The Balaban J connectivity index is 2.35. The van der Waals surface area contributed by atoms with Gasteiger partial charge in [0.25, 0.3) is 0 Å². The van der Waals surface area contributed by atoms with Crippen LogP contribution >= 0.6 is 0 Å². The van der Waals surface area contributed by atoms with Crippen molar-refractivity contribution < 1.29 is 19.1 Å². The van der Waals surface area contributed by atoms with Gasteiger partial charge < -0.3 is 5.11 Å². The highest BCUT2D eigenvalue weighted by Gasteiger charge is 2.51. The van der Waals surface area contributed by atoms with Crippen molar-refractivity contribution in [1.29, 1.82) is 0 Å². The number of aliphatic carboxylic acids is 1. The molecule has 2 aromatic carbocycles. The van der Waals surface area contributed by atoms with Gasteiger partial charge >= 0.3 is 5.97 Å². The Morgan fingerprint density at radius 3 is 2.45 bits per heavy atom. The van der Waals surface area contributed by atoms with Gasteiger partial charge in [-0.05, 0) is 17.2 Å². The Labute approximate surface area is 114 Å². The van der Waals surface area contributed by atoms with Crippen LogP contribution in [0.3, 0.4) is 0 Å². The quantitative estimate of drug-likeness (QED) is 0.913. The van der Waals surface area contributed by atoms with Crippen molar-refractivity contribution in [3.05, 3.63) is 71.0 Å². The van der Waals surface area contributed by atoms with Crippen LogP contribution in [0.4, 0.5) is 4.39 Å². The molecule has 2 aromatic rings. The first-order valence-corrected chi connectivity index (χ1v) is 6.18. The van der Waals surface area contributed by atoms with Crippen LogP contribution in [0.2, 0.25) is 0 Å². The second-order valence-corrected chi connectivity index (χ2v) is 4.84. The molecule has 4 heteroatoms. The third kappa shape index (κ3) is 1.51. The minimum absolute atomic E-state index is 0.0984. The Bertz CT molecular complexity index is 709.